The fraction of sp³-hybridized carbons (Fsp3) is 0.176. The van der Waals surface area contributed by atoms with Crippen molar-refractivity contribution in [2.75, 3.05) is 11.9 Å². The van der Waals surface area contributed by atoms with Crippen LogP contribution in [-0.2, 0) is 10.0 Å². The first-order valence-electron chi connectivity index (χ1n) is 7.77. The summed E-state index contributed by atoms with van der Waals surface area (Å²) in [5.41, 5.74) is 2.49. The van der Waals surface area contributed by atoms with E-state index in [-0.39, 0.29) is 17.0 Å². The summed E-state index contributed by atoms with van der Waals surface area (Å²) in [6, 6.07) is 11.9. The molecule has 3 aromatic rings. The second-order valence-electron chi connectivity index (χ2n) is 5.53. The van der Waals surface area contributed by atoms with Crippen molar-refractivity contribution in [1.29, 1.82) is 0 Å². The number of rotatable bonds is 5. The number of aryl methyl sites for hydroxylation is 1. The first-order valence-corrected chi connectivity index (χ1v) is 9.25. The highest BCUT2D eigenvalue weighted by molar-refractivity contribution is 7.89. The number of hydrogen-bond donors (Lipinski definition) is 3. The van der Waals surface area contributed by atoms with Gasteiger partial charge < -0.3 is 4.98 Å². The summed E-state index contributed by atoms with van der Waals surface area (Å²) in [4.78, 5) is 19.9. The van der Waals surface area contributed by atoms with Crippen LogP contribution in [0.3, 0.4) is 0 Å². The number of imidazole rings is 1. The Morgan fingerprint density at radius 3 is 2.68 bits per heavy atom. The van der Waals surface area contributed by atoms with Crippen molar-refractivity contribution in [2.45, 2.75) is 18.7 Å². The topological polar surface area (TPSA) is 104 Å². The van der Waals surface area contributed by atoms with E-state index >= 15 is 0 Å². The summed E-state index contributed by atoms with van der Waals surface area (Å²) in [7, 11) is -3.63. The van der Waals surface area contributed by atoms with Crippen LogP contribution in [0.4, 0.5) is 5.95 Å². The van der Waals surface area contributed by atoms with Gasteiger partial charge in [-0.15, -0.1) is 0 Å². The van der Waals surface area contributed by atoms with E-state index in [1.165, 1.54) is 12.1 Å². The van der Waals surface area contributed by atoms with Gasteiger partial charge in [0.05, 0.1) is 15.9 Å². The molecule has 0 atom stereocenters. The first kappa shape index (κ1) is 17.1. The van der Waals surface area contributed by atoms with Crippen molar-refractivity contribution < 1.29 is 13.2 Å². The molecule has 130 valence electrons. The van der Waals surface area contributed by atoms with Gasteiger partial charge in [0, 0.05) is 12.1 Å². The summed E-state index contributed by atoms with van der Waals surface area (Å²) in [6.45, 7) is 3.72. The van der Waals surface area contributed by atoms with Crippen LogP contribution in [0.25, 0.3) is 11.0 Å². The molecule has 1 heterocycles. The van der Waals surface area contributed by atoms with E-state index in [1.807, 2.05) is 24.3 Å². The Balaban J connectivity index is 1.91. The molecule has 2 aromatic carbocycles. The van der Waals surface area contributed by atoms with Crippen molar-refractivity contribution >= 4 is 32.9 Å². The minimum absolute atomic E-state index is 0.0507. The zero-order valence-corrected chi connectivity index (χ0v) is 14.6. The highest BCUT2D eigenvalue weighted by Crippen LogP contribution is 2.18. The van der Waals surface area contributed by atoms with Gasteiger partial charge in [-0.2, -0.15) is 0 Å². The van der Waals surface area contributed by atoms with Gasteiger partial charge in [-0.1, -0.05) is 25.1 Å². The maximum absolute atomic E-state index is 12.6. The molecule has 0 radical (unpaired) electrons. The number of aromatic amines is 1. The van der Waals surface area contributed by atoms with Crippen molar-refractivity contribution in [3.05, 3.63) is 53.6 Å². The predicted octanol–water partition coefficient (Wildman–Crippen LogP) is 2.42. The molecule has 25 heavy (non-hydrogen) atoms. The van der Waals surface area contributed by atoms with Crippen LogP contribution in [0.5, 0.6) is 0 Å². The molecular weight excluding hydrogens is 340 g/mol. The minimum atomic E-state index is -3.63. The number of para-hydroxylation sites is 2. The number of anilines is 1. The lowest BCUT2D eigenvalue weighted by molar-refractivity contribution is 0.102. The predicted molar refractivity (Wildman–Crippen MR) is 96.1 cm³/mol. The number of nitrogens with zero attached hydrogens (tertiary/aromatic N) is 1. The maximum atomic E-state index is 12.6. The van der Waals surface area contributed by atoms with E-state index in [0.717, 1.165) is 11.0 Å². The number of carbonyl (C=O) groups excluding carboxylic acids is 1. The molecule has 0 unspecified atom stereocenters. The van der Waals surface area contributed by atoms with E-state index in [0.29, 0.717) is 11.5 Å². The Bertz CT molecular complexity index is 1010. The van der Waals surface area contributed by atoms with Crippen LogP contribution in [-0.4, -0.2) is 30.8 Å². The molecule has 0 bridgehead atoms. The third kappa shape index (κ3) is 3.54. The average molecular weight is 358 g/mol. The molecule has 0 saturated heterocycles. The van der Waals surface area contributed by atoms with Crippen molar-refractivity contribution in [3.63, 3.8) is 0 Å². The fourth-order valence-electron chi connectivity index (χ4n) is 2.47. The number of hydrogen-bond acceptors (Lipinski definition) is 4. The number of benzene rings is 2. The largest absolute Gasteiger partial charge is 0.324 e. The summed E-state index contributed by atoms with van der Waals surface area (Å²) in [5, 5.41) is 2.68. The number of aromatic nitrogens is 2. The van der Waals surface area contributed by atoms with E-state index < -0.39 is 15.9 Å². The van der Waals surface area contributed by atoms with E-state index in [4.69, 9.17) is 0 Å². The number of amides is 1. The van der Waals surface area contributed by atoms with Crippen LogP contribution in [0, 0.1) is 6.92 Å². The Morgan fingerprint density at radius 1 is 1.20 bits per heavy atom. The fourth-order valence-corrected chi connectivity index (χ4v) is 3.54. The Morgan fingerprint density at radius 2 is 1.96 bits per heavy atom. The van der Waals surface area contributed by atoms with E-state index in [1.54, 1.807) is 19.9 Å². The van der Waals surface area contributed by atoms with Crippen LogP contribution < -0.4 is 10.0 Å². The molecule has 7 nitrogen and oxygen atoms in total. The van der Waals surface area contributed by atoms with Gasteiger partial charge in [0.25, 0.3) is 5.91 Å². The summed E-state index contributed by atoms with van der Waals surface area (Å²) >= 11 is 0. The molecule has 0 aliphatic carbocycles. The molecule has 0 saturated carbocycles. The zero-order chi connectivity index (χ0) is 18.0. The Labute approximate surface area is 145 Å². The monoisotopic (exact) mass is 358 g/mol. The molecular formula is C17H18N4O3S. The normalized spacial score (nSPS) is 11.6. The molecule has 1 amide bonds. The van der Waals surface area contributed by atoms with Crippen molar-refractivity contribution in [2.24, 2.45) is 0 Å². The van der Waals surface area contributed by atoms with Crippen molar-refractivity contribution in [3.8, 4) is 0 Å². The van der Waals surface area contributed by atoms with Gasteiger partial charge >= 0.3 is 0 Å². The third-order valence-electron chi connectivity index (χ3n) is 3.72. The SMILES string of the molecule is CCNS(=O)(=O)c1ccc(C)c(C(=O)Nc2nc3ccccc3[nH]2)c1. The molecule has 0 fully saturated rings. The van der Waals surface area contributed by atoms with Crippen LogP contribution in [0.1, 0.15) is 22.8 Å². The zero-order valence-electron chi connectivity index (χ0n) is 13.8. The van der Waals surface area contributed by atoms with Crippen LogP contribution >= 0.6 is 0 Å². The summed E-state index contributed by atoms with van der Waals surface area (Å²) < 4.78 is 26.7. The average Bonchev–Trinajstić information content (AvgIpc) is 2.97. The maximum Gasteiger partial charge on any atom is 0.258 e. The van der Waals surface area contributed by atoms with Gasteiger partial charge in [-0.05, 0) is 36.8 Å². The molecule has 0 spiro atoms. The van der Waals surface area contributed by atoms with Gasteiger partial charge in [0.15, 0.2) is 0 Å². The molecule has 3 N–H and O–H groups in total. The molecule has 3 rings (SSSR count). The second kappa shape index (κ2) is 6.66. The molecule has 0 aliphatic rings. The minimum Gasteiger partial charge on any atom is -0.324 e. The summed E-state index contributed by atoms with van der Waals surface area (Å²) in [6.07, 6.45) is 0. The smallest absolute Gasteiger partial charge is 0.258 e. The molecule has 1 aromatic heterocycles. The van der Waals surface area contributed by atoms with Gasteiger partial charge in [0.2, 0.25) is 16.0 Å². The number of sulfonamides is 1. The highest BCUT2D eigenvalue weighted by atomic mass is 32.2. The number of fused-ring (bicyclic) bond motifs is 1. The lowest BCUT2D eigenvalue weighted by Gasteiger charge is -2.09. The third-order valence-corrected chi connectivity index (χ3v) is 5.26. The number of nitrogens with one attached hydrogen (secondary N) is 3. The second-order valence-corrected chi connectivity index (χ2v) is 7.30. The lowest BCUT2D eigenvalue weighted by Crippen LogP contribution is -2.24. The summed E-state index contributed by atoms with van der Waals surface area (Å²) in [5.74, 6) is -0.115. The highest BCUT2D eigenvalue weighted by Gasteiger charge is 2.18. The molecule has 0 aliphatic heterocycles. The lowest BCUT2D eigenvalue weighted by atomic mass is 10.1. The Kier molecular flexibility index (Phi) is 4.56. The first-order chi connectivity index (χ1) is 11.9. The van der Waals surface area contributed by atoms with Gasteiger partial charge in [0.1, 0.15) is 0 Å². The quantitative estimate of drug-likeness (QED) is 0.651. The van der Waals surface area contributed by atoms with E-state index in [2.05, 4.69) is 20.0 Å². The Hall–Kier alpha value is -2.71. The van der Waals surface area contributed by atoms with Gasteiger partial charge in [-0.3, -0.25) is 10.1 Å². The van der Waals surface area contributed by atoms with Gasteiger partial charge in [-0.25, -0.2) is 18.1 Å². The molecule has 8 heteroatoms. The van der Waals surface area contributed by atoms with Crippen LogP contribution in [0.15, 0.2) is 47.4 Å². The van der Waals surface area contributed by atoms with Crippen LogP contribution in [0.2, 0.25) is 0 Å². The van der Waals surface area contributed by atoms with Crippen molar-refractivity contribution in [1.82, 2.24) is 14.7 Å². The number of carbonyl (C=O) groups is 1. The number of H-pyrrole nitrogens is 1. The van der Waals surface area contributed by atoms with E-state index in [9.17, 15) is 13.2 Å². The standard InChI is InChI=1S/C17H18N4O3S/c1-3-18-25(23,24)12-9-8-11(2)13(10-12)16(22)21-17-19-14-6-4-5-7-15(14)20-17/h4-10,18H,3H2,1-2H3,(H2,19,20,21,22).